The molecule has 1 atom stereocenters. The van der Waals surface area contributed by atoms with Gasteiger partial charge in [0.05, 0.1) is 5.92 Å². The van der Waals surface area contributed by atoms with Crippen LogP contribution in [0.25, 0.3) is 0 Å². The third-order valence-corrected chi connectivity index (χ3v) is 5.52. The van der Waals surface area contributed by atoms with Crippen molar-refractivity contribution in [2.45, 2.75) is 43.3 Å². The fourth-order valence-electron chi connectivity index (χ4n) is 3.28. The molecular weight excluding hydrogens is 316 g/mol. The summed E-state index contributed by atoms with van der Waals surface area (Å²) < 4.78 is 1.60. The molecule has 2 heterocycles. The molecule has 0 aromatic carbocycles. The van der Waals surface area contributed by atoms with Gasteiger partial charge in [-0.05, 0) is 23.3 Å². The van der Waals surface area contributed by atoms with Gasteiger partial charge in [-0.25, -0.2) is 4.68 Å². The first-order valence-electron chi connectivity index (χ1n) is 8.07. The van der Waals surface area contributed by atoms with Gasteiger partial charge in [-0.3, -0.25) is 9.59 Å². The van der Waals surface area contributed by atoms with Gasteiger partial charge >= 0.3 is 0 Å². The normalized spacial score (nSPS) is 22.0. The van der Waals surface area contributed by atoms with Crippen LogP contribution in [0.1, 0.15) is 32.1 Å². The predicted molar refractivity (Wildman–Crippen MR) is 84.6 cm³/mol. The monoisotopic (exact) mass is 338 g/mol. The fourth-order valence-corrected chi connectivity index (χ4v) is 3.98. The summed E-state index contributed by atoms with van der Waals surface area (Å²) in [5, 5.41) is 14.8. The van der Waals surface area contributed by atoms with Crippen molar-refractivity contribution in [3.05, 3.63) is 0 Å². The van der Waals surface area contributed by atoms with Crippen LogP contribution >= 0.6 is 11.8 Å². The topological polar surface area (TPSA) is 93.0 Å². The Morgan fingerprint density at radius 3 is 2.87 bits per heavy atom. The average Bonchev–Trinajstić information content (AvgIpc) is 3.25. The van der Waals surface area contributed by atoms with Gasteiger partial charge in [-0.2, -0.15) is 0 Å². The summed E-state index contributed by atoms with van der Waals surface area (Å²) in [6.07, 6.45) is 4.91. The molecule has 23 heavy (non-hydrogen) atoms. The second kappa shape index (κ2) is 7.29. The first kappa shape index (κ1) is 16.2. The summed E-state index contributed by atoms with van der Waals surface area (Å²) in [5.74, 6) is 0.615. The van der Waals surface area contributed by atoms with Crippen molar-refractivity contribution in [1.29, 1.82) is 0 Å². The number of aryl methyl sites for hydroxylation is 1. The highest BCUT2D eigenvalue weighted by molar-refractivity contribution is 7.99. The lowest BCUT2D eigenvalue weighted by Crippen LogP contribution is -2.37. The summed E-state index contributed by atoms with van der Waals surface area (Å²) in [6, 6.07) is 0.360. The Hall–Kier alpha value is -1.64. The minimum Gasteiger partial charge on any atom is -0.355 e. The molecule has 2 aliphatic rings. The zero-order valence-corrected chi connectivity index (χ0v) is 14.1. The molecule has 1 unspecified atom stereocenters. The summed E-state index contributed by atoms with van der Waals surface area (Å²) in [5.41, 5.74) is 0. The number of carbonyl (C=O) groups is 2. The minimum atomic E-state index is -0.204. The Bertz CT molecular complexity index is 571. The molecule has 126 valence electrons. The van der Waals surface area contributed by atoms with E-state index >= 15 is 0 Å². The third kappa shape index (κ3) is 3.82. The molecule has 1 aliphatic heterocycles. The number of nitrogens with one attached hydrogen (secondary N) is 1. The molecule has 1 N–H and O–H groups in total. The Morgan fingerprint density at radius 1 is 1.39 bits per heavy atom. The molecule has 0 radical (unpaired) electrons. The number of nitrogens with zero attached hydrogens (tertiary/aromatic N) is 5. The molecule has 2 fully saturated rings. The van der Waals surface area contributed by atoms with Crippen LogP contribution in [-0.2, 0) is 16.6 Å². The van der Waals surface area contributed by atoms with E-state index in [0.29, 0.717) is 31.3 Å². The van der Waals surface area contributed by atoms with Crippen LogP contribution < -0.4 is 5.32 Å². The Labute approximate surface area is 139 Å². The quantitative estimate of drug-likeness (QED) is 0.589. The van der Waals surface area contributed by atoms with Crippen LogP contribution in [0.3, 0.4) is 0 Å². The van der Waals surface area contributed by atoms with Crippen molar-refractivity contribution in [2.24, 2.45) is 13.0 Å². The van der Waals surface area contributed by atoms with Crippen molar-refractivity contribution >= 4 is 23.6 Å². The van der Waals surface area contributed by atoms with Gasteiger partial charge in [0.1, 0.15) is 0 Å². The molecule has 1 saturated carbocycles. The first-order valence-corrected chi connectivity index (χ1v) is 9.06. The van der Waals surface area contributed by atoms with Crippen molar-refractivity contribution < 1.29 is 9.59 Å². The summed E-state index contributed by atoms with van der Waals surface area (Å²) >= 11 is 1.49. The number of hydrogen-bond donors (Lipinski definition) is 1. The summed E-state index contributed by atoms with van der Waals surface area (Å²) in [6.45, 7) is 1.13. The van der Waals surface area contributed by atoms with Crippen LogP contribution in [-0.4, -0.2) is 61.8 Å². The second-order valence-corrected chi connectivity index (χ2v) is 7.17. The lowest BCUT2D eigenvalue weighted by Gasteiger charge is -2.23. The lowest BCUT2D eigenvalue weighted by atomic mass is 10.1. The highest BCUT2D eigenvalue weighted by atomic mass is 32.2. The van der Waals surface area contributed by atoms with Crippen molar-refractivity contribution in [2.75, 3.05) is 18.8 Å². The van der Waals surface area contributed by atoms with Gasteiger partial charge in [0.2, 0.25) is 17.0 Å². The van der Waals surface area contributed by atoms with Gasteiger partial charge in [-0.15, -0.1) is 5.10 Å². The first-order chi connectivity index (χ1) is 11.1. The molecule has 2 amide bonds. The Kier molecular flexibility index (Phi) is 5.14. The average molecular weight is 338 g/mol. The number of carbonyl (C=O) groups excluding carboxylic acids is 2. The number of aromatic nitrogens is 4. The maximum absolute atomic E-state index is 12.2. The van der Waals surface area contributed by atoms with E-state index in [9.17, 15) is 9.59 Å². The maximum atomic E-state index is 12.2. The van der Waals surface area contributed by atoms with Crippen LogP contribution in [0.15, 0.2) is 5.16 Å². The van der Waals surface area contributed by atoms with Crippen LogP contribution in [0.4, 0.5) is 0 Å². The van der Waals surface area contributed by atoms with E-state index in [2.05, 4.69) is 20.8 Å². The number of likely N-dealkylation sites (tertiary alicyclic amines) is 1. The van der Waals surface area contributed by atoms with Crippen molar-refractivity contribution in [1.82, 2.24) is 30.4 Å². The number of hydrogen-bond acceptors (Lipinski definition) is 6. The highest BCUT2D eigenvalue weighted by Crippen LogP contribution is 2.29. The predicted octanol–water partition coefficient (Wildman–Crippen LogP) is 0.210. The number of amides is 2. The highest BCUT2D eigenvalue weighted by Gasteiger charge is 2.38. The van der Waals surface area contributed by atoms with E-state index in [-0.39, 0.29) is 17.7 Å². The molecule has 8 nitrogen and oxygen atoms in total. The van der Waals surface area contributed by atoms with E-state index in [1.54, 1.807) is 11.7 Å². The fraction of sp³-hybridized carbons (Fsp3) is 0.786. The summed E-state index contributed by atoms with van der Waals surface area (Å²) in [4.78, 5) is 26.3. The van der Waals surface area contributed by atoms with Crippen LogP contribution in [0.2, 0.25) is 0 Å². The third-order valence-electron chi connectivity index (χ3n) is 4.51. The van der Waals surface area contributed by atoms with Gasteiger partial charge in [0.15, 0.2) is 0 Å². The Morgan fingerprint density at radius 2 is 2.17 bits per heavy atom. The second-order valence-electron chi connectivity index (χ2n) is 6.11. The zero-order chi connectivity index (χ0) is 16.2. The standard InChI is InChI=1S/C14H22N6O2S/c1-19-14(16-17-18-19)23-7-6-15-13(22)10-8-12(21)20(9-10)11-4-2-3-5-11/h10-11H,2-9H2,1H3,(H,15,22). The molecule has 3 rings (SSSR count). The number of tetrazole rings is 1. The molecule has 0 bridgehead atoms. The molecule has 9 heteroatoms. The van der Waals surface area contributed by atoms with Gasteiger partial charge < -0.3 is 10.2 Å². The minimum absolute atomic E-state index is 0.0180. The van der Waals surface area contributed by atoms with E-state index in [1.807, 2.05) is 4.90 Å². The molecule has 1 saturated heterocycles. The van der Waals surface area contributed by atoms with Gasteiger partial charge in [-0.1, -0.05) is 24.6 Å². The largest absolute Gasteiger partial charge is 0.355 e. The molecule has 0 spiro atoms. The number of rotatable bonds is 6. The maximum Gasteiger partial charge on any atom is 0.225 e. The molecule has 1 aromatic heterocycles. The molecular formula is C14H22N6O2S. The van der Waals surface area contributed by atoms with Gasteiger partial charge in [0, 0.05) is 38.4 Å². The van der Waals surface area contributed by atoms with E-state index in [1.165, 1.54) is 24.6 Å². The zero-order valence-electron chi connectivity index (χ0n) is 13.3. The summed E-state index contributed by atoms with van der Waals surface area (Å²) in [7, 11) is 1.78. The van der Waals surface area contributed by atoms with E-state index in [4.69, 9.17) is 0 Å². The smallest absolute Gasteiger partial charge is 0.225 e. The van der Waals surface area contributed by atoms with E-state index < -0.39 is 0 Å². The van der Waals surface area contributed by atoms with Crippen molar-refractivity contribution in [3.8, 4) is 0 Å². The Balaban J connectivity index is 1.40. The lowest BCUT2D eigenvalue weighted by molar-refractivity contribution is -0.130. The van der Waals surface area contributed by atoms with Crippen LogP contribution in [0, 0.1) is 5.92 Å². The number of thioether (sulfide) groups is 1. The van der Waals surface area contributed by atoms with Crippen LogP contribution in [0.5, 0.6) is 0 Å². The van der Waals surface area contributed by atoms with E-state index in [0.717, 1.165) is 18.0 Å². The van der Waals surface area contributed by atoms with Crippen molar-refractivity contribution in [3.63, 3.8) is 0 Å². The molecule has 1 aliphatic carbocycles. The molecule has 1 aromatic rings. The SMILES string of the molecule is Cn1nnnc1SCCNC(=O)C1CC(=O)N(C2CCCC2)C1. The van der Waals surface area contributed by atoms with Gasteiger partial charge in [0.25, 0.3) is 0 Å².